The third-order valence-corrected chi connectivity index (χ3v) is 4.28. The van der Waals surface area contributed by atoms with E-state index in [1.54, 1.807) is 7.11 Å². The predicted molar refractivity (Wildman–Crippen MR) is 112 cm³/mol. The van der Waals surface area contributed by atoms with Gasteiger partial charge in [-0.1, -0.05) is 33.6 Å². The van der Waals surface area contributed by atoms with E-state index < -0.39 is 0 Å². The summed E-state index contributed by atoms with van der Waals surface area (Å²) >= 11 is 0. The van der Waals surface area contributed by atoms with Crippen molar-refractivity contribution < 1.29 is 9.47 Å². The average molecular weight is 455 g/mol. The molecule has 6 heteroatoms. The molecule has 1 aliphatic carbocycles. The Kier molecular flexibility index (Phi) is 13.1. The van der Waals surface area contributed by atoms with Gasteiger partial charge in [-0.05, 0) is 31.6 Å². The Morgan fingerprint density at radius 2 is 1.88 bits per heavy atom. The van der Waals surface area contributed by atoms with Gasteiger partial charge in [-0.3, -0.25) is 4.99 Å². The smallest absolute Gasteiger partial charge is 0.191 e. The van der Waals surface area contributed by atoms with E-state index in [1.807, 2.05) is 0 Å². The van der Waals surface area contributed by atoms with Crippen molar-refractivity contribution in [1.82, 2.24) is 10.6 Å². The fourth-order valence-electron chi connectivity index (χ4n) is 2.80. The maximum Gasteiger partial charge on any atom is 0.191 e. The number of hydrogen-bond donors (Lipinski definition) is 2. The molecule has 0 aromatic heterocycles. The van der Waals surface area contributed by atoms with E-state index in [0.29, 0.717) is 12.6 Å². The SMILES string of the molecule is CCNC(=NCC(OC)C(C)(C)C)NCCCOC1CCCC1.I. The summed E-state index contributed by atoms with van der Waals surface area (Å²) in [7, 11) is 1.76. The van der Waals surface area contributed by atoms with Crippen LogP contribution in [-0.4, -0.2) is 51.5 Å². The molecule has 0 bridgehead atoms. The molecule has 1 saturated carbocycles. The largest absolute Gasteiger partial charge is 0.379 e. The summed E-state index contributed by atoms with van der Waals surface area (Å²) in [6.07, 6.45) is 6.76. The van der Waals surface area contributed by atoms with Crippen LogP contribution in [0.15, 0.2) is 4.99 Å². The van der Waals surface area contributed by atoms with Crippen molar-refractivity contribution in [3.8, 4) is 0 Å². The Balaban J connectivity index is 0.00000529. The summed E-state index contributed by atoms with van der Waals surface area (Å²) in [5.41, 5.74) is 0.0880. The maximum atomic E-state index is 5.88. The summed E-state index contributed by atoms with van der Waals surface area (Å²) in [4.78, 5) is 4.65. The standard InChI is InChI=1S/C18H37N3O2.HI/c1-6-19-17(21-14-16(22-5)18(2,3)4)20-12-9-13-23-15-10-7-8-11-15;/h15-16H,6-14H2,1-5H3,(H2,19,20,21);1H. The molecule has 1 unspecified atom stereocenters. The summed E-state index contributed by atoms with van der Waals surface area (Å²) in [6, 6.07) is 0. The van der Waals surface area contributed by atoms with Crippen molar-refractivity contribution >= 4 is 29.9 Å². The molecule has 5 nitrogen and oxygen atoms in total. The van der Waals surface area contributed by atoms with E-state index in [4.69, 9.17) is 9.47 Å². The van der Waals surface area contributed by atoms with Crippen molar-refractivity contribution in [2.45, 2.75) is 72.0 Å². The number of rotatable bonds is 9. The molecule has 0 heterocycles. The van der Waals surface area contributed by atoms with Crippen molar-refractivity contribution in [1.29, 1.82) is 0 Å². The van der Waals surface area contributed by atoms with Crippen LogP contribution in [0, 0.1) is 5.41 Å². The van der Waals surface area contributed by atoms with Crippen LogP contribution in [0.3, 0.4) is 0 Å². The highest BCUT2D eigenvalue weighted by Crippen LogP contribution is 2.22. The molecule has 144 valence electrons. The second-order valence-electron chi connectivity index (χ2n) is 7.37. The molecule has 0 spiro atoms. The van der Waals surface area contributed by atoms with Crippen LogP contribution in [0.2, 0.25) is 0 Å². The molecule has 0 aliphatic heterocycles. The van der Waals surface area contributed by atoms with Crippen molar-refractivity contribution in [3.05, 3.63) is 0 Å². The minimum atomic E-state index is 0. The highest BCUT2D eigenvalue weighted by Gasteiger charge is 2.24. The molecule has 0 aromatic carbocycles. The third kappa shape index (κ3) is 10.0. The maximum absolute atomic E-state index is 5.88. The molecule has 2 N–H and O–H groups in total. The number of nitrogens with zero attached hydrogens (tertiary/aromatic N) is 1. The van der Waals surface area contributed by atoms with Gasteiger partial charge >= 0.3 is 0 Å². The van der Waals surface area contributed by atoms with Crippen LogP contribution in [0.4, 0.5) is 0 Å². The summed E-state index contributed by atoms with van der Waals surface area (Å²) in [5.74, 6) is 0.861. The number of halogens is 1. The van der Waals surface area contributed by atoms with Gasteiger partial charge in [-0.2, -0.15) is 0 Å². The third-order valence-electron chi connectivity index (χ3n) is 4.28. The number of ether oxygens (including phenoxy) is 2. The van der Waals surface area contributed by atoms with Gasteiger partial charge in [0.05, 0.1) is 18.8 Å². The van der Waals surface area contributed by atoms with E-state index in [0.717, 1.165) is 32.1 Å². The molecule has 0 saturated heterocycles. The zero-order chi connectivity index (χ0) is 17.1. The van der Waals surface area contributed by atoms with Gasteiger partial charge in [0.25, 0.3) is 0 Å². The molecular formula is C18H38IN3O2. The normalized spacial score (nSPS) is 17.5. The summed E-state index contributed by atoms with van der Waals surface area (Å²) in [5, 5.41) is 6.67. The second kappa shape index (κ2) is 13.2. The first-order valence-corrected chi connectivity index (χ1v) is 9.14. The highest BCUT2D eigenvalue weighted by molar-refractivity contribution is 14.0. The predicted octanol–water partition coefficient (Wildman–Crippen LogP) is 3.57. The van der Waals surface area contributed by atoms with Gasteiger partial charge in [0.1, 0.15) is 0 Å². The molecule has 1 rings (SSSR count). The van der Waals surface area contributed by atoms with Crippen molar-refractivity contribution in [2.75, 3.05) is 33.4 Å². The van der Waals surface area contributed by atoms with Crippen LogP contribution in [0.25, 0.3) is 0 Å². The topological polar surface area (TPSA) is 54.9 Å². The lowest BCUT2D eigenvalue weighted by Gasteiger charge is -2.28. The highest BCUT2D eigenvalue weighted by atomic mass is 127. The van der Waals surface area contributed by atoms with Gasteiger partial charge < -0.3 is 20.1 Å². The first kappa shape index (κ1) is 23.9. The zero-order valence-corrected chi connectivity index (χ0v) is 18.5. The van der Waals surface area contributed by atoms with E-state index in [-0.39, 0.29) is 35.5 Å². The number of guanidine groups is 1. The Labute approximate surface area is 165 Å². The molecule has 0 amide bonds. The van der Waals surface area contributed by atoms with E-state index in [1.165, 1.54) is 25.7 Å². The minimum Gasteiger partial charge on any atom is -0.379 e. The lowest BCUT2D eigenvalue weighted by Crippen LogP contribution is -2.40. The lowest BCUT2D eigenvalue weighted by molar-refractivity contribution is 0.0241. The van der Waals surface area contributed by atoms with Crippen LogP contribution in [0.5, 0.6) is 0 Å². The second-order valence-corrected chi connectivity index (χ2v) is 7.37. The van der Waals surface area contributed by atoms with Crippen molar-refractivity contribution in [3.63, 3.8) is 0 Å². The first-order valence-electron chi connectivity index (χ1n) is 9.14. The fourth-order valence-corrected chi connectivity index (χ4v) is 2.80. The lowest BCUT2D eigenvalue weighted by atomic mass is 9.89. The van der Waals surface area contributed by atoms with Gasteiger partial charge in [0, 0.05) is 26.8 Å². The quantitative estimate of drug-likeness (QED) is 0.242. The summed E-state index contributed by atoms with van der Waals surface area (Å²) < 4.78 is 11.4. The first-order chi connectivity index (χ1) is 11.0. The van der Waals surface area contributed by atoms with Crippen LogP contribution in [0.1, 0.15) is 59.8 Å². The van der Waals surface area contributed by atoms with Gasteiger partial charge in [0.15, 0.2) is 5.96 Å². The zero-order valence-electron chi connectivity index (χ0n) is 16.2. The Bertz CT molecular complexity index is 340. The number of aliphatic imine (C=N–C) groups is 1. The molecule has 1 atom stereocenters. The van der Waals surface area contributed by atoms with Crippen LogP contribution < -0.4 is 10.6 Å². The number of hydrogen-bond acceptors (Lipinski definition) is 3. The Hall–Kier alpha value is -0.0800. The Morgan fingerprint density at radius 3 is 2.42 bits per heavy atom. The van der Waals surface area contributed by atoms with Gasteiger partial charge in [0.2, 0.25) is 0 Å². The van der Waals surface area contributed by atoms with E-state index in [9.17, 15) is 0 Å². The van der Waals surface area contributed by atoms with Gasteiger partial charge in [-0.15, -0.1) is 24.0 Å². The molecule has 1 aliphatic rings. The molecular weight excluding hydrogens is 417 g/mol. The monoisotopic (exact) mass is 455 g/mol. The number of nitrogens with one attached hydrogen (secondary N) is 2. The Morgan fingerprint density at radius 1 is 1.21 bits per heavy atom. The van der Waals surface area contributed by atoms with E-state index in [2.05, 4.69) is 43.3 Å². The van der Waals surface area contributed by atoms with Crippen LogP contribution in [-0.2, 0) is 9.47 Å². The van der Waals surface area contributed by atoms with Crippen LogP contribution >= 0.6 is 24.0 Å². The minimum absolute atomic E-state index is 0. The number of methoxy groups -OCH3 is 1. The molecule has 24 heavy (non-hydrogen) atoms. The summed E-state index contributed by atoms with van der Waals surface area (Å²) in [6.45, 7) is 11.8. The molecule has 0 aromatic rings. The van der Waals surface area contributed by atoms with Gasteiger partial charge in [-0.25, -0.2) is 0 Å². The molecule has 0 radical (unpaired) electrons. The molecule has 1 fully saturated rings. The van der Waals surface area contributed by atoms with E-state index >= 15 is 0 Å². The average Bonchev–Trinajstić information content (AvgIpc) is 2.99. The fraction of sp³-hybridized carbons (Fsp3) is 0.944. The van der Waals surface area contributed by atoms with Crippen molar-refractivity contribution in [2.24, 2.45) is 10.4 Å².